The van der Waals surface area contributed by atoms with E-state index in [1.807, 2.05) is 18.2 Å². The first-order chi connectivity index (χ1) is 9.65. The Kier molecular flexibility index (Phi) is 5.21. The fourth-order valence-corrected chi connectivity index (χ4v) is 2.17. The molecule has 3 nitrogen and oxygen atoms in total. The standard InChI is InChI=1S/C16H19N3S/c1-19(10-8-13-5-3-2-4-6-13)12-14-7-9-18-15(11-14)16(17)20/h2-7,9,11H,8,10,12H2,1H3,(H2,17,20). The third-order valence-corrected chi connectivity index (χ3v) is 3.36. The smallest absolute Gasteiger partial charge is 0.122 e. The van der Waals surface area contributed by atoms with E-state index in [0.717, 1.165) is 19.5 Å². The Morgan fingerprint density at radius 3 is 2.65 bits per heavy atom. The third kappa shape index (κ3) is 4.40. The zero-order chi connectivity index (χ0) is 14.4. The molecule has 0 saturated carbocycles. The maximum Gasteiger partial charge on any atom is 0.122 e. The van der Waals surface area contributed by atoms with Crippen molar-refractivity contribution in [2.75, 3.05) is 13.6 Å². The maximum atomic E-state index is 5.60. The molecule has 0 fully saturated rings. The molecule has 0 saturated heterocycles. The Bertz CT molecular complexity index is 569. The van der Waals surface area contributed by atoms with Gasteiger partial charge in [-0.15, -0.1) is 0 Å². The highest BCUT2D eigenvalue weighted by molar-refractivity contribution is 7.80. The summed E-state index contributed by atoms with van der Waals surface area (Å²) in [5.41, 5.74) is 8.83. The van der Waals surface area contributed by atoms with E-state index in [2.05, 4.69) is 41.2 Å². The molecule has 0 atom stereocenters. The largest absolute Gasteiger partial charge is 0.388 e. The number of nitrogens with two attached hydrogens (primary N) is 1. The zero-order valence-corrected chi connectivity index (χ0v) is 12.4. The van der Waals surface area contributed by atoms with E-state index in [1.165, 1.54) is 11.1 Å². The Hall–Kier alpha value is -1.78. The average molecular weight is 285 g/mol. The number of aromatic nitrogens is 1. The number of nitrogens with zero attached hydrogens (tertiary/aromatic N) is 2. The molecule has 0 amide bonds. The van der Waals surface area contributed by atoms with Crippen LogP contribution in [0.4, 0.5) is 0 Å². The average Bonchev–Trinajstić information content (AvgIpc) is 2.46. The number of benzene rings is 1. The van der Waals surface area contributed by atoms with Crippen molar-refractivity contribution in [1.82, 2.24) is 9.88 Å². The molecule has 104 valence electrons. The van der Waals surface area contributed by atoms with Crippen LogP contribution in [0.15, 0.2) is 48.7 Å². The highest BCUT2D eigenvalue weighted by atomic mass is 32.1. The molecule has 2 aromatic rings. The third-order valence-electron chi connectivity index (χ3n) is 3.15. The minimum atomic E-state index is 0.346. The predicted molar refractivity (Wildman–Crippen MR) is 86.6 cm³/mol. The predicted octanol–water partition coefficient (Wildman–Crippen LogP) is 2.39. The summed E-state index contributed by atoms with van der Waals surface area (Å²) in [6, 6.07) is 14.5. The van der Waals surface area contributed by atoms with Crippen LogP contribution in [0.5, 0.6) is 0 Å². The molecule has 2 N–H and O–H groups in total. The lowest BCUT2D eigenvalue weighted by molar-refractivity contribution is 0.331. The van der Waals surface area contributed by atoms with Gasteiger partial charge in [0.25, 0.3) is 0 Å². The van der Waals surface area contributed by atoms with Gasteiger partial charge < -0.3 is 10.6 Å². The van der Waals surface area contributed by atoms with Gasteiger partial charge in [-0.1, -0.05) is 42.5 Å². The highest BCUT2D eigenvalue weighted by Gasteiger charge is 2.04. The Morgan fingerprint density at radius 1 is 1.20 bits per heavy atom. The summed E-state index contributed by atoms with van der Waals surface area (Å²) in [5.74, 6) is 0. The summed E-state index contributed by atoms with van der Waals surface area (Å²) in [4.78, 5) is 6.78. The van der Waals surface area contributed by atoms with E-state index < -0.39 is 0 Å². The summed E-state index contributed by atoms with van der Waals surface area (Å²) in [6.07, 6.45) is 2.81. The lowest BCUT2D eigenvalue weighted by atomic mass is 10.1. The van der Waals surface area contributed by atoms with Crippen molar-refractivity contribution in [2.45, 2.75) is 13.0 Å². The number of likely N-dealkylation sites (N-methyl/N-ethyl adjacent to an activating group) is 1. The van der Waals surface area contributed by atoms with Crippen LogP contribution in [0.1, 0.15) is 16.8 Å². The molecule has 2 rings (SSSR count). The number of rotatable bonds is 6. The van der Waals surface area contributed by atoms with Gasteiger partial charge in [0, 0.05) is 19.3 Å². The van der Waals surface area contributed by atoms with Crippen molar-refractivity contribution in [2.24, 2.45) is 5.73 Å². The van der Waals surface area contributed by atoms with Gasteiger partial charge in [-0.2, -0.15) is 0 Å². The quantitative estimate of drug-likeness (QED) is 0.828. The molecule has 4 heteroatoms. The van der Waals surface area contributed by atoms with Crippen LogP contribution in [-0.2, 0) is 13.0 Å². The van der Waals surface area contributed by atoms with Crippen LogP contribution in [0, 0.1) is 0 Å². The molecule has 1 aromatic heterocycles. The monoisotopic (exact) mass is 285 g/mol. The van der Waals surface area contributed by atoms with E-state index in [0.29, 0.717) is 10.7 Å². The van der Waals surface area contributed by atoms with Gasteiger partial charge in [-0.3, -0.25) is 4.98 Å². The molecular weight excluding hydrogens is 266 g/mol. The van der Waals surface area contributed by atoms with Crippen LogP contribution in [-0.4, -0.2) is 28.5 Å². The molecule has 0 radical (unpaired) electrons. The van der Waals surface area contributed by atoms with Crippen LogP contribution >= 0.6 is 12.2 Å². The number of thiocarbonyl (C=S) groups is 1. The normalized spacial score (nSPS) is 10.7. The van der Waals surface area contributed by atoms with E-state index in [-0.39, 0.29) is 0 Å². The van der Waals surface area contributed by atoms with Gasteiger partial charge in [-0.05, 0) is 36.7 Å². The molecule has 0 aliphatic rings. The number of hydrogen-bond acceptors (Lipinski definition) is 3. The molecule has 0 unspecified atom stereocenters. The first-order valence-electron chi connectivity index (χ1n) is 6.62. The van der Waals surface area contributed by atoms with Crippen molar-refractivity contribution in [3.05, 3.63) is 65.5 Å². The SMILES string of the molecule is CN(CCc1ccccc1)Cc1ccnc(C(N)=S)c1. The van der Waals surface area contributed by atoms with E-state index in [4.69, 9.17) is 18.0 Å². The molecule has 1 heterocycles. The van der Waals surface area contributed by atoms with Gasteiger partial charge in [0.05, 0.1) is 5.69 Å². The zero-order valence-electron chi connectivity index (χ0n) is 11.6. The molecule has 20 heavy (non-hydrogen) atoms. The first kappa shape index (κ1) is 14.6. The van der Waals surface area contributed by atoms with Crippen molar-refractivity contribution >= 4 is 17.2 Å². The van der Waals surface area contributed by atoms with Gasteiger partial charge in [-0.25, -0.2) is 0 Å². The van der Waals surface area contributed by atoms with Crippen molar-refractivity contribution in [3.63, 3.8) is 0 Å². The molecule has 1 aromatic carbocycles. The van der Waals surface area contributed by atoms with Gasteiger partial charge in [0.2, 0.25) is 0 Å². The molecular formula is C16H19N3S. The Labute approximate surface area is 125 Å². The summed E-state index contributed by atoms with van der Waals surface area (Å²) in [7, 11) is 2.11. The summed E-state index contributed by atoms with van der Waals surface area (Å²) in [6.45, 7) is 1.87. The molecule has 0 aliphatic carbocycles. The van der Waals surface area contributed by atoms with Crippen LogP contribution in [0.2, 0.25) is 0 Å². The maximum absolute atomic E-state index is 5.60. The second kappa shape index (κ2) is 7.12. The van der Waals surface area contributed by atoms with E-state index >= 15 is 0 Å². The highest BCUT2D eigenvalue weighted by Crippen LogP contribution is 2.07. The second-order valence-electron chi connectivity index (χ2n) is 4.89. The Balaban J connectivity index is 1.89. The van der Waals surface area contributed by atoms with Crippen molar-refractivity contribution in [3.8, 4) is 0 Å². The minimum absolute atomic E-state index is 0.346. The van der Waals surface area contributed by atoms with Gasteiger partial charge >= 0.3 is 0 Å². The van der Waals surface area contributed by atoms with Crippen molar-refractivity contribution in [1.29, 1.82) is 0 Å². The fourth-order valence-electron chi connectivity index (χ4n) is 2.06. The van der Waals surface area contributed by atoms with Crippen LogP contribution in [0.3, 0.4) is 0 Å². The van der Waals surface area contributed by atoms with E-state index in [9.17, 15) is 0 Å². The summed E-state index contributed by atoms with van der Waals surface area (Å²) >= 11 is 4.95. The molecule has 0 bridgehead atoms. The number of pyridine rings is 1. The fraction of sp³-hybridized carbons (Fsp3) is 0.250. The molecule has 0 aliphatic heterocycles. The van der Waals surface area contributed by atoms with Crippen molar-refractivity contribution < 1.29 is 0 Å². The minimum Gasteiger partial charge on any atom is -0.388 e. The lowest BCUT2D eigenvalue weighted by Crippen LogP contribution is -2.21. The van der Waals surface area contributed by atoms with Gasteiger partial charge in [0.1, 0.15) is 4.99 Å². The topological polar surface area (TPSA) is 42.2 Å². The first-order valence-corrected chi connectivity index (χ1v) is 7.03. The second-order valence-corrected chi connectivity index (χ2v) is 5.33. The lowest BCUT2D eigenvalue weighted by Gasteiger charge is -2.17. The van der Waals surface area contributed by atoms with E-state index in [1.54, 1.807) is 6.20 Å². The number of hydrogen-bond donors (Lipinski definition) is 1. The summed E-state index contributed by atoms with van der Waals surface area (Å²) < 4.78 is 0. The molecule has 0 spiro atoms. The summed E-state index contributed by atoms with van der Waals surface area (Å²) in [5, 5.41) is 0. The van der Waals surface area contributed by atoms with Gasteiger partial charge in [0.15, 0.2) is 0 Å². The van der Waals surface area contributed by atoms with Crippen LogP contribution < -0.4 is 5.73 Å². The Morgan fingerprint density at radius 2 is 1.95 bits per heavy atom. The van der Waals surface area contributed by atoms with Crippen LogP contribution in [0.25, 0.3) is 0 Å².